The van der Waals surface area contributed by atoms with Gasteiger partial charge in [0.2, 0.25) is 0 Å². The fourth-order valence-electron chi connectivity index (χ4n) is 0. The van der Waals surface area contributed by atoms with Crippen LogP contribution in [0.4, 0.5) is 0 Å². The third kappa shape index (κ3) is 375. The van der Waals surface area contributed by atoms with Crippen LogP contribution in [-0.4, -0.2) is 24.1 Å². The highest BCUT2D eigenvalue weighted by molar-refractivity contribution is 5.48. The predicted molar refractivity (Wildman–Crippen MR) is 52.0 cm³/mol. The molecule has 0 saturated carbocycles. The van der Waals surface area contributed by atoms with Crippen molar-refractivity contribution in [3.63, 3.8) is 0 Å². The zero-order valence-corrected chi connectivity index (χ0v) is 7.44. The molecule has 0 heterocycles. The molecule has 0 saturated heterocycles. The van der Waals surface area contributed by atoms with E-state index in [4.69, 9.17) is 16.2 Å². The van der Waals surface area contributed by atoms with E-state index in [0.717, 1.165) is 0 Å². The first-order valence-corrected chi connectivity index (χ1v) is 2.60. The van der Waals surface area contributed by atoms with E-state index < -0.39 is 0 Å². The molecule has 0 aliphatic carbocycles. The molecular weight excluding hydrogens is 144 g/mol. The summed E-state index contributed by atoms with van der Waals surface area (Å²) in [6.07, 6.45) is 3.75. The minimum Gasteiger partial charge on any atom is -0.412 e. The maximum Gasteiger partial charge on any atom is -0.00788 e. The van der Waals surface area contributed by atoms with Gasteiger partial charge in [-0.25, -0.2) is 0 Å². The normalized spacial score (nSPS) is 3.55. The number of rotatable bonds is 0. The Balaban J connectivity index is -0.0000000150. The Morgan fingerprint density at radius 3 is 0.727 bits per heavy atom. The smallest absolute Gasteiger partial charge is 0.00788 e. The molecule has 0 aliphatic heterocycles. The Bertz CT molecular complexity index is 51.3. The average Bonchev–Trinajstić information content (AvgIpc) is 1.70. The van der Waals surface area contributed by atoms with Gasteiger partial charge < -0.3 is 27.9 Å². The quantitative estimate of drug-likeness (QED) is 0.394. The van der Waals surface area contributed by atoms with Gasteiger partial charge in [-0.15, -0.1) is 0 Å². The van der Waals surface area contributed by atoms with Gasteiger partial charge in [-0.1, -0.05) is 0 Å². The van der Waals surface area contributed by atoms with Gasteiger partial charge in [0.05, 0.1) is 0 Å². The fraction of sp³-hybridized carbons (Fsp3) is 0.500. The molecule has 5 nitrogen and oxygen atoms in total. The molecule has 5 heteroatoms. The van der Waals surface area contributed by atoms with Crippen LogP contribution in [0.2, 0.25) is 0 Å². The Hall–Kier alpha value is -1.07. The molecule has 0 aromatic rings. The lowest BCUT2D eigenvalue weighted by Gasteiger charge is -1.30. The third-order valence-electron chi connectivity index (χ3n) is 0. The first kappa shape index (κ1) is 32.6. The Morgan fingerprint density at radius 1 is 0.727 bits per heavy atom. The third-order valence-corrected chi connectivity index (χ3v) is 0. The van der Waals surface area contributed by atoms with Crippen molar-refractivity contribution in [3.05, 3.63) is 0 Å². The summed E-state index contributed by atoms with van der Waals surface area (Å²) in [5.41, 5.74) is 0. The van der Waals surface area contributed by atoms with Gasteiger partial charge in [-0.3, -0.25) is 0 Å². The lowest BCUT2D eigenvalue weighted by molar-refractivity contribution is 0.824. The van der Waals surface area contributed by atoms with Crippen molar-refractivity contribution in [2.75, 3.05) is 0 Å². The van der Waals surface area contributed by atoms with Gasteiger partial charge >= 0.3 is 0 Å². The summed E-state index contributed by atoms with van der Waals surface area (Å²) >= 11 is 0. The summed E-state index contributed by atoms with van der Waals surface area (Å²) in [7, 11) is 0. The van der Waals surface area contributed by atoms with Gasteiger partial charge in [0, 0.05) is 0 Å². The van der Waals surface area contributed by atoms with E-state index in [0.29, 0.717) is 0 Å². The van der Waals surface area contributed by atoms with Crippen molar-refractivity contribution < 1.29 is 5.48 Å². The molecular formula is C6H20N4O. The molecule has 0 spiro atoms. The summed E-state index contributed by atoms with van der Waals surface area (Å²) in [5, 5.41) is 18.2. The zero-order chi connectivity index (χ0) is 8.12. The first-order chi connectivity index (χ1) is 4.24. The van der Waals surface area contributed by atoms with Crippen LogP contribution in [-0.2, 0) is 0 Å². The largest absolute Gasteiger partial charge is 0.412 e. The molecule has 0 atom stereocenters. The van der Waals surface area contributed by atoms with Gasteiger partial charge in [0.1, 0.15) is 0 Å². The van der Waals surface area contributed by atoms with Crippen LogP contribution in [0.3, 0.4) is 0 Å². The molecule has 0 fully saturated rings. The monoisotopic (exact) mass is 164 g/mol. The van der Waals surface area contributed by atoms with E-state index in [9.17, 15) is 0 Å². The van der Waals surface area contributed by atoms with Crippen molar-refractivity contribution in [1.29, 1.82) is 16.2 Å². The van der Waals surface area contributed by atoms with E-state index in [1.165, 1.54) is 18.6 Å². The molecule has 0 unspecified atom stereocenters. The van der Waals surface area contributed by atoms with Crippen LogP contribution in [0.1, 0.15) is 20.8 Å². The standard InChI is InChI=1S/3C2H5N.H3N.H2O/c3*1-2-3;;/h3*2-3H,1H3;1H3;1H2. The van der Waals surface area contributed by atoms with Crippen LogP contribution in [0.5, 0.6) is 0 Å². The highest BCUT2D eigenvalue weighted by atomic mass is 16.0. The minimum atomic E-state index is 0. The Morgan fingerprint density at radius 2 is 0.727 bits per heavy atom. The van der Waals surface area contributed by atoms with E-state index in [1.807, 2.05) is 0 Å². The summed E-state index contributed by atoms with van der Waals surface area (Å²) < 4.78 is 0. The van der Waals surface area contributed by atoms with Gasteiger partial charge in [0.15, 0.2) is 0 Å². The average molecular weight is 164 g/mol. The highest BCUT2D eigenvalue weighted by Crippen LogP contribution is 1.17. The highest BCUT2D eigenvalue weighted by Gasteiger charge is 1.17. The maximum atomic E-state index is 6.08. The molecule has 0 rings (SSSR count). The summed E-state index contributed by atoms with van der Waals surface area (Å²) in [5.74, 6) is 0. The first-order valence-electron chi connectivity index (χ1n) is 2.60. The molecule has 70 valence electrons. The lowest BCUT2D eigenvalue weighted by atomic mass is 10.9. The van der Waals surface area contributed by atoms with Crippen molar-refractivity contribution in [3.8, 4) is 0 Å². The van der Waals surface area contributed by atoms with Gasteiger partial charge in [0.25, 0.3) is 0 Å². The number of hydrogen-bond acceptors (Lipinski definition) is 4. The summed E-state index contributed by atoms with van der Waals surface area (Å²) in [4.78, 5) is 0. The van der Waals surface area contributed by atoms with E-state index in [1.54, 1.807) is 20.8 Å². The Labute approximate surface area is 68.2 Å². The summed E-state index contributed by atoms with van der Waals surface area (Å²) in [6.45, 7) is 5.00. The maximum absolute atomic E-state index is 6.08. The lowest BCUT2D eigenvalue weighted by Crippen LogP contribution is -1.32. The van der Waals surface area contributed by atoms with Crippen molar-refractivity contribution >= 4 is 18.6 Å². The Kier molecular flexibility index (Phi) is 447. The van der Waals surface area contributed by atoms with Crippen molar-refractivity contribution in [1.82, 2.24) is 6.15 Å². The SMILES string of the molecule is CC=N.CC=N.CC=N.N.O. The zero-order valence-electron chi connectivity index (χ0n) is 7.44. The molecule has 8 N–H and O–H groups in total. The molecule has 0 aliphatic rings. The van der Waals surface area contributed by atoms with E-state index >= 15 is 0 Å². The molecule has 0 aromatic carbocycles. The van der Waals surface area contributed by atoms with Gasteiger partial charge in [-0.05, 0) is 39.4 Å². The number of hydrogen-bond donors (Lipinski definition) is 4. The minimum absolute atomic E-state index is 0. The van der Waals surface area contributed by atoms with Crippen LogP contribution >= 0.6 is 0 Å². The second-order valence-corrected chi connectivity index (χ2v) is 0.866. The fourth-order valence-corrected chi connectivity index (χ4v) is 0. The van der Waals surface area contributed by atoms with Gasteiger partial charge in [-0.2, -0.15) is 0 Å². The molecule has 0 bridgehead atoms. The van der Waals surface area contributed by atoms with Crippen LogP contribution in [0.25, 0.3) is 0 Å². The van der Waals surface area contributed by atoms with Crippen LogP contribution in [0, 0.1) is 16.2 Å². The topological polar surface area (TPSA) is 138 Å². The van der Waals surface area contributed by atoms with E-state index in [-0.39, 0.29) is 11.6 Å². The summed E-state index contributed by atoms with van der Waals surface area (Å²) in [6, 6.07) is 0. The second-order valence-electron chi connectivity index (χ2n) is 0.866. The molecule has 0 amide bonds. The predicted octanol–water partition coefficient (Wildman–Crippen LogP) is 1.30. The van der Waals surface area contributed by atoms with Crippen LogP contribution in [0.15, 0.2) is 0 Å². The van der Waals surface area contributed by atoms with E-state index in [2.05, 4.69) is 0 Å². The molecule has 0 radical (unpaired) electrons. The molecule has 11 heavy (non-hydrogen) atoms. The van der Waals surface area contributed by atoms with Crippen molar-refractivity contribution in [2.45, 2.75) is 20.8 Å². The second kappa shape index (κ2) is 151. The van der Waals surface area contributed by atoms with Crippen LogP contribution < -0.4 is 6.15 Å². The number of nitrogens with one attached hydrogen (secondary N) is 3. The van der Waals surface area contributed by atoms with Crippen molar-refractivity contribution in [2.24, 2.45) is 0 Å². The molecule has 0 aromatic heterocycles.